The van der Waals surface area contributed by atoms with Crippen LogP contribution in [0.3, 0.4) is 0 Å². The predicted molar refractivity (Wildman–Crippen MR) is 71.7 cm³/mol. The lowest BCUT2D eigenvalue weighted by molar-refractivity contribution is -0.131. The van der Waals surface area contributed by atoms with E-state index in [2.05, 4.69) is 11.8 Å². The fourth-order valence-electron chi connectivity index (χ4n) is 1.30. The van der Waals surface area contributed by atoms with Gasteiger partial charge in [-0.2, -0.15) is 0 Å². The molecule has 0 radical (unpaired) electrons. The Morgan fingerprint density at radius 3 is 3.00 bits per heavy atom. The summed E-state index contributed by atoms with van der Waals surface area (Å²) < 4.78 is 5.52. The number of hydrogen-bond acceptors (Lipinski definition) is 2. The SMILES string of the molecule is CC#CCCOc1cccc(Cl)c1/C=C/C(=O)O. The van der Waals surface area contributed by atoms with Gasteiger partial charge in [-0.1, -0.05) is 17.7 Å². The Bertz CT molecular complexity index is 510. The van der Waals surface area contributed by atoms with Gasteiger partial charge in [0, 0.05) is 18.1 Å². The third kappa shape index (κ3) is 4.52. The molecule has 0 saturated heterocycles. The van der Waals surface area contributed by atoms with Crippen molar-refractivity contribution in [3.63, 3.8) is 0 Å². The van der Waals surface area contributed by atoms with Crippen molar-refractivity contribution in [3.8, 4) is 17.6 Å². The second-order valence-corrected chi connectivity index (χ2v) is 3.76. The molecule has 1 aromatic rings. The van der Waals surface area contributed by atoms with Crippen molar-refractivity contribution in [2.45, 2.75) is 13.3 Å². The number of halogens is 1. The molecular formula is C14H13ClO3. The van der Waals surface area contributed by atoms with Gasteiger partial charge in [-0.3, -0.25) is 0 Å². The van der Waals surface area contributed by atoms with Crippen LogP contribution < -0.4 is 4.74 Å². The van der Waals surface area contributed by atoms with Gasteiger partial charge in [0.15, 0.2) is 0 Å². The standard InChI is InChI=1S/C14H13ClO3/c1-2-3-4-10-18-13-7-5-6-12(15)11(13)8-9-14(16)17/h5-9H,4,10H2,1H3,(H,16,17)/b9-8+. The van der Waals surface area contributed by atoms with Crippen LogP contribution in [0.2, 0.25) is 5.02 Å². The zero-order valence-corrected chi connectivity index (χ0v) is 10.7. The highest BCUT2D eigenvalue weighted by Crippen LogP contribution is 2.27. The number of benzene rings is 1. The Morgan fingerprint density at radius 1 is 1.56 bits per heavy atom. The minimum Gasteiger partial charge on any atom is -0.492 e. The summed E-state index contributed by atoms with van der Waals surface area (Å²) in [6.45, 7) is 2.20. The molecule has 0 spiro atoms. The third-order valence-corrected chi connectivity index (χ3v) is 2.40. The molecule has 0 aliphatic rings. The summed E-state index contributed by atoms with van der Waals surface area (Å²) in [7, 11) is 0. The lowest BCUT2D eigenvalue weighted by atomic mass is 10.2. The molecule has 0 heterocycles. The molecule has 0 aromatic heterocycles. The highest BCUT2D eigenvalue weighted by atomic mass is 35.5. The van der Waals surface area contributed by atoms with Crippen LogP contribution in [0.15, 0.2) is 24.3 Å². The first-order valence-corrected chi connectivity index (χ1v) is 5.75. The molecule has 0 atom stereocenters. The van der Waals surface area contributed by atoms with E-state index in [1.165, 1.54) is 6.08 Å². The number of rotatable bonds is 5. The van der Waals surface area contributed by atoms with Crippen LogP contribution in [0.4, 0.5) is 0 Å². The van der Waals surface area contributed by atoms with E-state index in [9.17, 15) is 4.79 Å². The Hall–Kier alpha value is -1.92. The maximum Gasteiger partial charge on any atom is 0.328 e. The van der Waals surface area contributed by atoms with Gasteiger partial charge in [0.1, 0.15) is 5.75 Å². The molecule has 18 heavy (non-hydrogen) atoms. The highest BCUT2D eigenvalue weighted by molar-refractivity contribution is 6.32. The summed E-state index contributed by atoms with van der Waals surface area (Å²) in [4.78, 5) is 10.5. The van der Waals surface area contributed by atoms with Crippen LogP contribution in [0.1, 0.15) is 18.9 Å². The van der Waals surface area contributed by atoms with Gasteiger partial charge in [-0.15, -0.1) is 11.8 Å². The number of hydrogen-bond donors (Lipinski definition) is 1. The van der Waals surface area contributed by atoms with Crippen molar-refractivity contribution in [1.82, 2.24) is 0 Å². The number of carboxylic acid groups (broad SMARTS) is 1. The van der Waals surface area contributed by atoms with E-state index in [1.807, 2.05) is 0 Å². The molecule has 94 valence electrons. The van der Waals surface area contributed by atoms with Crippen LogP contribution in [0.5, 0.6) is 5.75 Å². The smallest absolute Gasteiger partial charge is 0.328 e. The average Bonchev–Trinajstić information content (AvgIpc) is 2.33. The van der Waals surface area contributed by atoms with E-state index in [1.54, 1.807) is 25.1 Å². The molecule has 0 aliphatic carbocycles. The average molecular weight is 265 g/mol. The van der Waals surface area contributed by atoms with Crippen molar-refractivity contribution < 1.29 is 14.6 Å². The van der Waals surface area contributed by atoms with Crippen LogP contribution in [-0.2, 0) is 4.79 Å². The summed E-state index contributed by atoms with van der Waals surface area (Å²) >= 11 is 6.00. The Morgan fingerprint density at radius 2 is 2.33 bits per heavy atom. The minimum absolute atomic E-state index is 0.440. The van der Waals surface area contributed by atoms with Crippen LogP contribution in [0, 0.1) is 11.8 Å². The molecule has 0 amide bonds. The van der Waals surface area contributed by atoms with E-state index >= 15 is 0 Å². The fourth-order valence-corrected chi connectivity index (χ4v) is 1.53. The number of carboxylic acids is 1. The van der Waals surface area contributed by atoms with Crippen LogP contribution in [0.25, 0.3) is 6.08 Å². The number of carbonyl (C=O) groups is 1. The van der Waals surface area contributed by atoms with E-state index < -0.39 is 5.97 Å². The largest absolute Gasteiger partial charge is 0.492 e. The zero-order valence-electron chi connectivity index (χ0n) is 9.94. The van der Waals surface area contributed by atoms with Gasteiger partial charge in [0.25, 0.3) is 0 Å². The highest BCUT2D eigenvalue weighted by Gasteiger charge is 2.05. The van der Waals surface area contributed by atoms with Crippen molar-refractivity contribution >= 4 is 23.6 Å². The molecule has 0 saturated carbocycles. The first-order chi connectivity index (χ1) is 8.65. The second kappa shape index (κ2) is 7.41. The zero-order chi connectivity index (χ0) is 13.4. The molecule has 1 N–H and O–H groups in total. The van der Waals surface area contributed by atoms with Crippen molar-refractivity contribution in [2.24, 2.45) is 0 Å². The van der Waals surface area contributed by atoms with Gasteiger partial charge in [0.05, 0.1) is 11.6 Å². The lowest BCUT2D eigenvalue weighted by Crippen LogP contribution is -1.98. The predicted octanol–water partition coefficient (Wildman–Crippen LogP) is 3.23. The van der Waals surface area contributed by atoms with Gasteiger partial charge in [0.2, 0.25) is 0 Å². The summed E-state index contributed by atoms with van der Waals surface area (Å²) in [6.07, 6.45) is 3.07. The maximum atomic E-state index is 10.5. The van der Waals surface area contributed by atoms with Crippen LogP contribution in [-0.4, -0.2) is 17.7 Å². The van der Waals surface area contributed by atoms with Gasteiger partial charge >= 0.3 is 5.97 Å². The van der Waals surface area contributed by atoms with E-state index in [4.69, 9.17) is 21.4 Å². The molecule has 4 heteroatoms. The van der Waals surface area contributed by atoms with Crippen molar-refractivity contribution in [2.75, 3.05) is 6.61 Å². The molecule has 0 fully saturated rings. The molecule has 3 nitrogen and oxygen atoms in total. The van der Waals surface area contributed by atoms with E-state index in [0.717, 1.165) is 6.08 Å². The van der Waals surface area contributed by atoms with Crippen molar-refractivity contribution in [3.05, 3.63) is 34.9 Å². The topological polar surface area (TPSA) is 46.5 Å². The molecule has 0 unspecified atom stereocenters. The number of aliphatic carboxylic acids is 1. The Labute approximate surface area is 111 Å². The first-order valence-electron chi connectivity index (χ1n) is 5.37. The molecule has 0 aliphatic heterocycles. The molecule has 1 rings (SSSR count). The second-order valence-electron chi connectivity index (χ2n) is 3.35. The summed E-state index contributed by atoms with van der Waals surface area (Å²) in [5.74, 6) is 5.18. The van der Waals surface area contributed by atoms with Crippen molar-refractivity contribution in [1.29, 1.82) is 0 Å². The van der Waals surface area contributed by atoms with E-state index in [-0.39, 0.29) is 0 Å². The first kappa shape index (κ1) is 14.1. The lowest BCUT2D eigenvalue weighted by Gasteiger charge is -2.09. The minimum atomic E-state index is -1.03. The normalized spacial score (nSPS) is 9.89. The quantitative estimate of drug-likeness (QED) is 0.505. The summed E-state index contributed by atoms with van der Waals surface area (Å²) in [6, 6.07) is 5.18. The maximum absolute atomic E-state index is 10.5. The number of ether oxygens (including phenoxy) is 1. The fraction of sp³-hybridized carbons (Fsp3) is 0.214. The third-order valence-electron chi connectivity index (χ3n) is 2.07. The van der Waals surface area contributed by atoms with E-state index in [0.29, 0.717) is 29.4 Å². The Kier molecular flexibility index (Phi) is 5.83. The van der Waals surface area contributed by atoms with Gasteiger partial charge < -0.3 is 9.84 Å². The van der Waals surface area contributed by atoms with Gasteiger partial charge in [-0.05, 0) is 25.1 Å². The van der Waals surface area contributed by atoms with Gasteiger partial charge in [-0.25, -0.2) is 4.79 Å². The Balaban J connectivity index is 2.85. The van der Waals surface area contributed by atoms with Crippen LogP contribution >= 0.6 is 11.6 Å². The molecule has 1 aromatic carbocycles. The summed E-state index contributed by atoms with van der Waals surface area (Å²) in [5.41, 5.74) is 0.561. The molecular weight excluding hydrogens is 252 g/mol. The summed E-state index contributed by atoms with van der Waals surface area (Å²) in [5, 5.41) is 9.06. The monoisotopic (exact) mass is 264 g/mol. The molecule has 0 bridgehead atoms.